The summed E-state index contributed by atoms with van der Waals surface area (Å²) in [4.78, 5) is 10.7. The van der Waals surface area contributed by atoms with E-state index in [1.54, 1.807) is 6.07 Å². The maximum Gasteiger partial charge on any atom is 0.230 e. The van der Waals surface area contributed by atoms with Gasteiger partial charge in [0.2, 0.25) is 11.8 Å². The van der Waals surface area contributed by atoms with Gasteiger partial charge in [0.05, 0.1) is 13.2 Å². The maximum atomic E-state index is 6.06. The van der Waals surface area contributed by atoms with Crippen LogP contribution < -0.4 is 9.64 Å². The van der Waals surface area contributed by atoms with Gasteiger partial charge in [0.25, 0.3) is 0 Å². The number of aromatic nitrogens is 2. The molecule has 0 aliphatic carbocycles. The summed E-state index contributed by atoms with van der Waals surface area (Å²) in [6.07, 6.45) is 0. The second kappa shape index (κ2) is 6.74. The lowest BCUT2D eigenvalue weighted by Gasteiger charge is -2.26. The first-order valence-corrected chi connectivity index (χ1v) is 7.23. The first-order chi connectivity index (χ1) is 10.3. The van der Waals surface area contributed by atoms with Crippen molar-refractivity contribution in [3.8, 4) is 5.88 Å². The lowest BCUT2D eigenvalue weighted by molar-refractivity contribution is 0.122. The Balaban J connectivity index is 1.71. The molecular formula is C15H16ClN3O2. The normalized spacial score (nSPS) is 15.0. The standard InChI is InChI=1S/C15H16ClN3O2/c16-13-10-14(21-11-12-4-2-1-3-5-12)18-15(17-13)19-6-8-20-9-7-19/h1-5,10H,6-9,11H2. The summed E-state index contributed by atoms with van der Waals surface area (Å²) in [6, 6.07) is 11.6. The zero-order valence-corrected chi connectivity index (χ0v) is 12.3. The highest BCUT2D eigenvalue weighted by Crippen LogP contribution is 2.20. The van der Waals surface area contributed by atoms with Crippen LogP contribution in [0.5, 0.6) is 5.88 Å². The molecule has 21 heavy (non-hydrogen) atoms. The number of anilines is 1. The summed E-state index contributed by atoms with van der Waals surface area (Å²) in [6.45, 7) is 3.33. The van der Waals surface area contributed by atoms with Crippen LogP contribution in [0.15, 0.2) is 36.4 Å². The molecule has 0 atom stereocenters. The predicted octanol–water partition coefficient (Wildman–Crippen LogP) is 2.55. The minimum atomic E-state index is 0.384. The maximum absolute atomic E-state index is 6.06. The molecule has 0 saturated carbocycles. The highest BCUT2D eigenvalue weighted by molar-refractivity contribution is 6.29. The van der Waals surface area contributed by atoms with E-state index >= 15 is 0 Å². The fourth-order valence-electron chi connectivity index (χ4n) is 2.10. The van der Waals surface area contributed by atoms with E-state index in [-0.39, 0.29) is 0 Å². The van der Waals surface area contributed by atoms with E-state index < -0.39 is 0 Å². The number of hydrogen-bond donors (Lipinski definition) is 0. The van der Waals surface area contributed by atoms with E-state index in [1.165, 1.54) is 0 Å². The third-order valence-corrected chi connectivity index (χ3v) is 3.38. The Morgan fingerprint density at radius 2 is 1.90 bits per heavy atom. The number of morpholine rings is 1. The molecule has 0 bridgehead atoms. The Bertz CT molecular complexity index is 589. The number of ether oxygens (including phenoxy) is 2. The van der Waals surface area contributed by atoms with Gasteiger partial charge in [-0.3, -0.25) is 0 Å². The van der Waals surface area contributed by atoms with Crippen molar-refractivity contribution in [3.63, 3.8) is 0 Å². The van der Waals surface area contributed by atoms with Crippen LogP contribution in [0, 0.1) is 0 Å². The summed E-state index contributed by atoms with van der Waals surface area (Å²) in [5, 5.41) is 0.384. The van der Waals surface area contributed by atoms with Gasteiger partial charge in [0.15, 0.2) is 0 Å². The number of nitrogens with zero attached hydrogens (tertiary/aromatic N) is 3. The Kier molecular flexibility index (Phi) is 4.52. The third-order valence-electron chi connectivity index (χ3n) is 3.18. The Hall–Kier alpha value is -1.85. The number of halogens is 1. The quantitative estimate of drug-likeness (QED) is 0.812. The van der Waals surface area contributed by atoms with Gasteiger partial charge in [-0.2, -0.15) is 4.98 Å². The molecule has 1 aliphatic heterocycles. The molecular weight excluding hydrogens is 290 g/mol. The molecule has 2 heterocycles. The van der Waals surface area contributed by atoms with Crippen molar-refractivity contribution >= 4 is 17.5 Å². The van der Waals surface area contributed by atoms with Crippen LogP contribution >= 0.6 is 11.6 Å². The third kappa shape index (κ3) is 3.83. The van der Waals surface area contributed by atoms with E-state index in [0.717, 1.165) is 18.7 Å². The highest BCUT2D eigenvalue weighted by atomic mass is 35.5. The molecule has 0 unspecified atom stereocenters. The monoisotopic (exact) mass is 305 g/mol. The van der Waals surface area contributed by atoms with Gasteiger partial charge in [0, 0.05) is 19.2 Å². The fraction of sp³-hybridized carbons (Fsp3) is 0.333. The molecule has 1 aliphatic rings. The Morgan fingerprint density at radius 1 is 1.14 bits per heavy atom. The molecule has 110 valence electrons. The summed E-state index contributed by atoms with van der Waals surface area (Å²) in [7, 11) is 0. The zero-order valence-electron chi connectivity index (χ0n) is 11.5. The van der Waals surface area contributed by atoms with Crippen LogP contribution in [-0.2, 0) is 11.3 Å². The Morgan fingerprint density at radius 3 is 2.67 bits per heavy atom. The zero-order chi connectivity index (χ0) is 14.5. The van der Waals surface area contributed by atoms with Crippen molar-refractivity contribution in [2.24, 2.45) is 0 Å². The highest BCUT2D eigenvalue weighted by Gasteiger charge is 2.15. The predicted molar refractivity (Wildman–Crippen MR) is 80.8 cm³/mol. The van der Waals surface area contributed by atoms with E-state index in [2.05, 4.69) is 9.97 Å². The number of rotatable bonds is 4. The van der Waals surface area contributed by atoms with Gasteiger partial charge in [-0.25, -0.2) is 4.98 Å². The smallest absolute Gasteiger partial charge is 0.230 e. The molecule has 2 aromatic rings. The van der Waals surface area contributed by atoms with Gasteiger partial charge in [0.1, 0.15) is 11.8 Å². The summed E-state index contributed by atoms with van der Waals surface area (Å²) in [5.74, 6) is 1.08. The Labute approximate surface area is 128 Å². The van der Waals surface area contributed by atoms with Crippen molar-refractivity contribution in [1.29, 1.82) is 0 Å². The van der Waals surface area contributed by atoms with Gasteiger partial charge in [-0.15, -0.1) is 0 Å². The van der Waals surface area contributed by atoms with Gasteiger partial charge in [-0.1, -0.05) is 41.9 Å². The first-order valence-electron chi connectivity index (χ1n) is 6.85. The molecule has 1 saturated heterocycles. The first kappa shape index (κ1) is 14.1. The van der Waals surface area contributed by atoms with Crippen molar-refractivity contribution in [3.05, 3.63) is 47.1 Å². The van der Waals surface area contributed by atoms with Gasteiger partial charge in [-0.05, 0) is 5.56 Å². The molecule has 0 spiro atoms. The van der Waals surface area contributed by atoms with Crippen LogP contribution in [0.3, 0.4) is 0 Å². The van der Waals surface area contributed by atoms with Crippen LogP contribution in [0.25, 0.3) is 0 Å². The number of benzene rings is 1. The van der Waals surface area contributed by atoms with Crippen LogP contribution in [-0.4, -0.2) is 36.3 Å². The van der Waals surface area contributed by atoms with Crippen LogP contribution in [0.2, 0.25) is 5.15 Å². The van der Waals surface area contributed by atoms with Crippen molar-refractivity contribution in [1.82, 2.24) is 9.97 Å². The molecule has 3 rings (SSSR count). The van der Waals surface area contributed by atoms with Gasteiger partial charge < -0.3 is 14.4 Å². The molecule has 0 amide bonds. The van der Waals surface area contributed by atoms with Crippen molar-refractivity contribution in [2.45, 2.75) is 6.61 Å². The van der Waals surface area contributed by atoms with E-state index in [1.807, 2.05) is 35.2 Å². The lowest BCUT2D eigenvalue weighted by atomic mass is 10.2. The molecule has 1 fully saturated rings. The second-order valence-corrected chi connectivity index (χ2v) is 5.09. The molecule has 1 aromatic heterocycles. The van der Waals surface area contributed by atoms with E-state index in [9.17, 15) is 0 Å². The lowest BCUT2D eigenvalue weighted by Crippen LogP contribution is -2.37. The minimum Gasteiger partial charge on any atom is -0.473 e. The van der Waals surface area contributed by atoms with Crippen molar-refractivity contribution in [2.75, 3.05) is 31.2 Å². The van der Waals surface area contributed by atoms with Crippen LogP contribution in [0.1, 0.15) is 5.56 Å². The minimum absolute atomic E-state index is 0.384. The number of hydrogen-bond acceptors (Lipinski definition) is 5. The van der Waals surface area contributed by atoms with Crippen molar-refractivity contribution < 1.29 is 9.47 Å². The average Bonchev–Trinajstić information content (AvgIpc) is 2.54. The summed E-state index contributed by atoms with van der Waals surface area (Å²) in [5.41, 5.74) is 1.08. The largest absolute Gasteiger partial charge is 0.473 e. The van der Waals surface area contributed by atoms with Gasteiger partial charge >= 0.3 is 0 Å². The molecule has 0 N–H and O–H groups in total. The molecule has 1 aromatic carbocycles. The fourth-order valence-corrected chi connectivity index (χ4v) is 2.26. The van der Waals surface area contributed by atoms with Crippen LogP contribution in [0.4, 0.5) is 5.95 Å². The summed E-state index contributed by atoms with van der Waals surface area (Å²) < 4.78 is 11.0. The topological polar surface area (TPSA) is 47.5 Å². The second-order valence-electron chi connectivity index (χ2n) is 4.70. The molecule has 0 radical (unpaired) electrons. The molecule has 6 heteroatoms. The van der Waals surface area contributed by atoms with E-state index in [0.29, 0.717) is 36.8 Å². The average molecular weight is 306 g/mol. The molecule has 5 nitrogen and oxygen atoms in total. The SMILES string of the molecule is Clc1cc(OCc2ccccc2)nc(N2CCOCC2)n1. The van der Waals surface area contributed by atoms with E-state index in [4.69, 9.17) is 21.1 Å². The summed E-state index contributed by atoms with van der Waals surface area (Å²) >= 11 is 6.06.